The summed E-state index contributed by atoms with van der Waals surface area (Å²) in [4.78, 5) is 15.5. The summed E-state index contributed by atoms with van der Waals surface area (Å²) in [6.07, 6.45) is 3.43. The van der Waals surface area contributed by atoms with Crippen LogP contribution in [0.4, 0.5) is 4.79 Å². The molecule has 1 amide bonds. The Hall–Kier alpha value is -3.03. The molecule has 2 N–H and O–H groups in total. The zero-order chi connectivity index (χ0) is 22.8. The molecule has 0 saturated carbocycles. The van der Waals surface area contributed by atoms with E-state index >= 15 is 0 Å². The summed E-state index contributed by atoms with van der Waals surface area (Å²) < 4.78 is 17.8. The molecule has 0 aliphatic carbocycles. The second-order valence-corrected chi connectivity index (χ2v) is 9.05. The lowest BCUT2D eigenvalue weighted by Gasteiger charge is -2.32. The summed E-state index contributed by atoms with van der Waals surface area (Å²) in [6, 6.07) is 17.8. The summed E-state index contributed by atoms with van der Waals surface area (Å²) in [5, 5.41) is 3.95. The van der Waals surface area contributed by atoms with Gasteiger partial charge in [0, 0.05) is 18.3 Å². The van der Waals surface area contributed by atoms with Gasteiger partial charge in [-0.05, 0) is 67.9 Å². The van der Waals surface area contributed by atoms with Crippen LogP contribution in [0.2, 0.25) is 0 Å². The molecule has 166 valence electrons. The van der Waals surface area contributed by atoms with Crippen LogP contribution >= 0.6 is 0 Å². The highest BCUT2D eigenvalue weighted by Gasteiger charge is 2.52. The number of aromatic nitrogens is 1. The molecule has 1 aliphatic rings. The van der Waals surface area contributed by atoms with Gasteiger partial charge < -0.3 is 24.3 Å². The molecule has 0 spiro atoms. The van der Waals surface area contributed by atoms with E-state index in [9.17, 15) is 4.79 Å². The Labute approximate surface area is 189 Å². The Bertz CT molecular complexity index is 1110. The maximum atomic E-state index is 12.3. The van der Waals surface area contributed by atoms with Crippen LogP contribution in [0.15, 0.2) is 66.3 Å². The van der Waals surface area contributed by atoms with Crippen molar-refractivity contribution in [1.29, 1.82) is 0 Å². The molecule has 2 aromatic carbocycles. The van der Waals surface area contributed by atoms with Crippen LogP contribution in [0.3, 0.4) is 0 Å². The first kappa shape index (κ1) is 22.2. The number of rotatable bonds is 6. The lowest BCUT2D eigenvalue weighted by molar-refractivity contribution is 0.00578. The average molecular weight is 432 g/mol. The second-order valence-electron chi connectivity index (χ2n) is 9.05. The van der Waals surface area contributed by atoms with E-state index in [4.69, 9.17) is 14.0 Å². The summed E-state index contributed by atoms with van der Waals surface area (Å²) in [6.45, 7) is 8.51. The molecule has 1 saturated heterocycles. The third-order valence-electron chi connectivity index (χ3n) is 6.14. The SMILES string of the molecule is CC1(C)OB(C(=Cc2ccc3[nH]ccc3c2)CNC(=O)OCc2ccccc2)OC1(C)C. The quantitative estimate of drug-likeness (QED) is 0.531. The van der Waals surface area contributed by atoms with Gasteiger partial charge in [-0.3, -0.25) is 0 Å². The molecule has 1 aromatic heterocycles. The summed E-state index contributed by atoms with van der Waals surface area (Å²) in [7, 11) is -0.573. The standard InChI is InChI=1S/C25H29BN2O4/c1-24(2)25(3,4)32-26(31-24)21(15-19-10-11-22-20(14-19)12-13-27-22)16-28-23(29)30-17-18-8-6-5-7-9-18/h5-15,27H,16-17H2,1-4H3,(H,28,29). The van der Waals surface area contributed by atoms with Gasteiger partial charge in [-0.2, -0.15) is 0 Å². The zero-order valence-electron chi connectivity index (χ0n) is 19.0. The first-order valence-corrected chi connectivity index (χ1v) is 10.8. The van der Waals surface area contributed by atoms with E-state index in [2.05, 4.69) is 16.4 Å². The van der Waals surface area contributed by atoms with Crippen molar-refractivity contribution in [3.05, 3.63) is 77.4 Å². The number of aromatic amines is 1. The highest BCUT2D eigenvalue weighted by atomic mass is 16.7. The van der Waals surface area contributed by atoms with Crippen molar-refractivity contribution >= 4 is 30.2 Å². The van der Waals surface area contributed by atoms with Gasteiger partial charge in [0.2, 0.25) is 0 Å². The molecule has 1 fully saturated rings. The third-order valence-corrected chi connectivity index (χ3v) is 6.14. The van der Waals surface area contributed by atoms with E-state index in [0.29, 0.717) is 0 Å². The second kappa shape index (κ2) is 8.84. The topological polar surface area (TPSA) is 72.6 Å². The Kier molecular flexibility index (Phi) is 6.13. The van der Waals surface area contributed by atoms with Gasteiger partial charge in [0.25, 0.3) is 0 Å². The summed E-state index contributed by atoms with van der Waals surface area (Å²) >= 11 is 0. The first-order valence-electron chi connectivity index (χ1n) is 10.8. The average Bonchev–Trinajstić information content (AvgIpc) is 3.31. The van der Waals surface area contributed by atoms with Gasteiger partial charge >= 0.3 is 13.2 Å². The number of nitrogens with one attached hydrogen (secondary N) is 2. The number of hydrogen-bond donors (Lipinski definition) is 2. The van der Waals surface area contributed by atoms with Gasteiger partial charge in [-0.1, -0.05) is 42.5 Å². The molecule has 3 aromatic rings. The fraction of sp³-hybridized carbons (Fsp3) is 0.320. The van der Waals surface area contributed by atoms with Crippen LogP contribution in [-0.2, 0) is 20.7 Å². The van der Waals surface area contributed by atoms with Gasteiger partial charge in [0.05, 0.1) is 11.2 Å². The van der Waals surface area contributed by atoms with Gasteiger partial charge in [-0.15, -0.1) is 0 Å². The minimum atomic E-state index is -0.573. The van der Waals surface area contributed by atoms with Crippen LogP contribution in [0.5, 0.6) is 0 Å². The molecule has 0 bridgehead atoms. The molecule has 7 heteroatoms. The Morgan fingerprint density at radius 2 is 1.78 bits per heavy atom. The molecule has 4 rings (SSSR count). The lowest BCUT2D eigenvalue weighted by atomic mass is 9.77. The molecule has 1 aliphatic heterocycles. The summed E-state index contributed by atoms with van der Waals surface area (Å²) in [5.41, 5.74) is 2.87. The van der Waals surface area contributed by atoms with Crippen molar-refractivity contribution in [1.82, 2.24) is 10.3 Å². The van der Waals surface area contributed by atoms with E-state index in [-0.39, 0.29) is 13.2 Å². The largest absolute Gasteiger partial charge is 0.492 e. The molecule has 0 radical (unpaired) electrons. The molecule has 2 heterocycles. The number of carbonyl (C=O) groups is 1. The highest BCUT2D eigenvalue weighted by molar-refractivity contribution is 6.56. The first-order chi connectivity index (χ1) is 15.2. The maximum Gasteiger partial charge on any atom is 0.492 e. The van der Waals surface area contributed by atoms with Crippen molar-refractivity contribution in [2.24, 2.45) is 0 Å². The van der Waals surface area contributed by atoms with Gasteiger partial charge in [-0.25, -0.2) is 4.79 Å². The molecular weight excluding hydrogens is 403 g/mol. The van der Waals surface area contributed by atoms with Crippen LogP contribution < -0.4 is 5.32 Å². The zero-order valence-corrected chi connectivity index (χ0v) is 19.0. The van der Waals surface area contributed by atoms with Crippen LogP contribution in [0.25, 0.3) is 17.0 Å². The minimum Gasteiger partial charge on any atom is -0.445 e. The van der Waals surface area contributed by atoms with Crippen molar-refractivity contribution in [3.63, 3.8) is 0 Å². The number of carbonyl (C=O) groups excluding carboxylic acids is 1. The van der Waals surface area contributed by atoms with Crippen molar-refractivity contribution in [3.8, 4) is 0 Å². The number of fused-ring (bicyclic) bond motifs is 1. The molecule has 6 nitrogen and oxygen atoms in total. The normalized spacial score (nSPS) is 17.5. The summed E-state index contributed by atoms with van der Waals surface area (Å²) in [5.74, 6) is 0. The molecule has 32 heavy (non-hydrogen) atoms. The Balaban J connectivity index is 1.50. The number of alkyl carbamates (subject to hydrolysis) is 1. The Morgan fingerprint density at radius 3 is 2.50 bits per heavy atom. The molecular formula is C25H29BN2O4. The Morgan fingerprint density at radius 1 is 1.06 bits per heavy atom. The number of benzene rings is 2. The third kappa shape index (κ3) is 4.90. The highest BCUT2D eigenvalue weighted by Crippen LogP contribution is 2.38. The van der Waals surface area contributed by atoms with E-state index in [1.54, 1.807) is 0 Å². The van der Waals surface area contributed by atoms with Gasteiger partial charge in [0.15, 0.2) is 0 Å². The number of ether oxygens (including phenoxy) is 1. The fourth-order valence-corrected chi connectivity index (χ4v) is 3.52. The fourth-order valence-electron chi connectivity index (χ4n) is 3.52. The van der Waals surface area contributed by atoms with Crippen molar-refractivity contribution < 1.29 is 18.8 Å². The lowest BCUT2D eigenvalue weighted by Crippen LogP contribution is -2.41. The molecule has 0 atom stereocenters. The predicted octanol–water partition coefficient (Wildman–Crippen LogP) is 5.11. The molecule has 0 unspecified atom stereocenters. The van der Waals surface area contributed by atoms with Crippen LogP contribution in [0, 0.1) is 0 Å². The predicted molar refractivity (Wildman–Crippen MR) is 127 cm³/mol. The monoisotopic (exact) mass is 432 g/mol. The van der Waals surface area contributed by atoms with E-state index in [0.717, 1.165) is 27.5 Å². The number of amides is 1. The maximum absolute atomic E-state index is 12.3. The van der Waals surface area contributed by atoms with E-state index in [1.165, 1.54) is 0 Å². The minimum absolute atomic E-state index is 0.215. The van der Waals surface area contributed by atoms with Crippen molar-refractivity contribution in [2.45, 2.75) is 45.5 Å². The van der Waals surface area contributed by atoms with E-state index < -0.39 is 24.4 Å². The van der Waals surface area contributed by atoms with Crippen LogP contribution in [0.1, 0.15) is 38.8 Å². The van der Waals surface area contributed by atoms with Gasteiger partial charge in [0.1, 0.15) is 6.61 Å². The smallest absolute Gasteiger partial charge is 0.445 e. The van der Waals surface area contributed by atoms with Crippen LogP contribution in [-0.4, -0.2) is 35.9 Å². The number of H-pyrrole nitrogens is 1. The van der Waals surface area contributed by atoms with E-state index in [1.807, 2.05) is 88.5 Å². The number of hydrogen-bond acceptors (Lipinski definition) is 4. The van der Waals surface area contributed by atoms with Crippen molar-refractivity contribution in [2.75, 3.05) is 6.54 Å².